The van der Waals surface area contributed by atoms with Crippen LogP contribution in [-0.4, -0.2) is 28.2 Å². The maximum atomic E-state index is 8.80. The average molecular weight is 288 g/mol. The van der Waals surface area contributed by atoms with Crippen LogP contribution in [0.5, 0.6) is 0 Å². The van der Waals surface area contributed by atoms with Gasteiger partial charge in [-0.05, 0) is 34.2 Å². The average Bonchev–Trinajstić information content (AvgIpc) is 2.24. The summed E-state index contributed by atoms with van der Waals surface area (Å²) in [5, 5.41) is 12.1. The molecule has 0 aliphatic carbocycles. The summed E-state index contributed by atoms with van der Waals surface area (Å²) in [4.78, 5) is 8.09. The fourth-order valence-corrected chi connectivity index (χ4v) is 1.71. The summed E-state index contributed by atoms with van der Waals surface area (Å²) >= 11 is 3.30. The molecule has 1 rings (SSSR count). The molecule has 4 nitrogen and oxygen atoms in total. The molecule has 0 bridgehead atoms. The summed E-state index contributed by atoms with van der Waals surface area (Å²) in [6.07, 6.45) is 3.35. The van der Waals surface area contributed by atoms with Gasteiger partial charge in [0.2, 0.25) is 0 Å². The highest BCUT2D eigenvalue weighted by molar-refractivity contribution is 9.10. The first-order valence-electron chi connectivity index (χ1n) is 5.36. The second kappa shape index (κ2) is 6.15. The van der Waals surface area contributed by atoms with Crippen molar-refractivity contribution in [1.29, 1.82) is 0 Å². The third kappa shape index (κ3) is 4.90. The van der Waals surface area contributed by atoms with Gasteiger partial charge in [0, 0.05) is 19.2 Å². The summed E-state index contributed by atoms with van der Waals surface area (Å²) in [7, 11) is 0. The molecule has 0 radical (unpaired) electrons. The highest BCUT2D eigenvalue weighted by atomic mass is 79.9. The number of aromatic nitrogens is 2. The summed E-state index contributed by atoms with van der Waals surface area (Å²) in [6, 6.07) is 1.85. The number of hydrogen-bond donors (Lipinski definition) is 2. The van der Waals surface area contributed by atoms with Gasteiger partial charge < -0.3 is 10.4 Å². The Bertz CT molecular complexity index is 331. The van der Waals surface area contributed by atoms with E-state index in [2.05, 4.69) is 45.1 Å². The predicted molar refractivity (Wildman–Crippen MR) is 68.3 cm³/mol. The lowest BCUT2D eigenvalue weighted by Crippen LogP contribution is -2.23. The van der Waals surface area contributed by atoms with Crippen molar-refractivity contribution in [3.05, 3.63) is 17.0 Å². The van der Waals surface area contributed by atoms with Gasteiger partial charge in [0.05, 0.1) is 0 Å². The number of aliphatic hydroxyl groups is 1. The maximum absolute atomic E-state index is 8.80. The molecular formula is C11H18BrN3O. The quantitative estimate of drug-likeness (QED) is 0.789. The van der Waals surface area contributed by atoms with Gasteiger partial charge in [0.15, 0.2) is 0 Å². The lowest BCUT2D eigenvalue weighted by molar-refractivity contribution is 0.248. The second-order valence-electron chi connectivity index (χ2n) is 4.57. The zero-order valence-corrected chi connectivity index (χ0v) is 11.3. The van der Waals surface area contributed by atoms with Crippen molar-refractivity contribution in [1.82, 2.24) is 9.97 Å². The Morgan fingerprint density at radius 3 is 2.81 bits per heavy atom. The summed E-state index contributed by atoms with van der Waals surface area (Å²) in [6.45, 7) is 5.43. The molecule has 2 N–H and O–H groups in total. The number of nitrogens with one attached hydrogen (secondary N) is 1. The molecule has 90 valence electrons. The van der Waals surface area contributed by atoms with Gasteiger partial charge in [0.25, 0.3) is 0 Å². The summed E-state index contributed by atoms with van der Waals surface area (Å²) in [5.74, 6) is 0.818. The van der Waals surface area contributed by atoms with Gasteiger partial charge in [-0.2, -0.15) is 0 Å². The molecule has 0 aliphatic heterocycles. The van der Waals surface area contributed by atoms with Crippen molar-refractivity contribution >= 4 is 21.7 Å². The Morgan fingerprint density at radius 1 is 1.44 bits per heavy atom. The van der Waals surface area contributed by atoms with Crippen LogP contribution < -0.4 is 5.32 Å². The first kappa shape index (κ1) is 13.4. The van der Waals surface area contributed by atoms with Gasteiger partial charge in [-0.3, -0.25) is 0 Å². The first-order chi connectivity index (χ1) is 7.53. The minimum atomic E-state index is 0.153. The Kier molecular flexibility index (Phi) is 5.15. The molecule has 0 aromatic carbocycles. The Hall–Kier alpha value is -0.680. The molecular weight excluding hydrogens is 270 g/mol. The lowest BCUT2D eigenvalue weighted by atomic mass is 9.88. The van der Waals surface area contributed by atoms with Crippen LogP contribution in [0.1, 0.15) is 26.7 Å². The molecule has 0 atom stereocenters. The molecule has 0 unspecified atom stereocenters. The van der Waals surface area contributed by atoms with Crippen molar-refractivity contribution in [2.75, 3.05) is 18.5 Å². The minimum Gasteiger partial charge on any atom is -0.396 e. The molecule has 0 saturated carbocycles. The molecule has 16 heavy (non-hydrogen) atoms. The van der Waals surface area contributed by atoms with Gasteiger partial charge in [-0.15, -0.1) is 0 Å². The highest BCUT2D eigenvalue weighted by Crippen LogP contribution is 2.22. The third-order valence-electron chi connectivity index (χ3n) is 2.39. The van der Waals surface area contributed by atoms with E-state index in [0.717, 1.165) is 29.8 Å². The second-order valence-corrected chi connectivity index (χ2v) is 5.38. The van der Waals surface area contributed by atoms with Crippen LogP contribution in [0.4, 0.5) is 5.82 Å². The molecule has 0 saturated heterocycles. The fraction of sp³-hybridized carbons (Fsp3) is 0.636. The molecule has 0 amide bonds. The normalized spacial score (nSPS) is 11.5. The zero-order chi connectivity index (χ0) is 12.0. The minimum absolute atomic E-state index is 0.153. The number of halogens is 1. The lowest BCUT2D eigenvalue weighted by Gasteiger charge is -2.24. The van der Waals surface area contributed by atoms with Gasteiger partial charge in [-0.1, -0.05) is 13.8 Å². The van der Waals surface area contributed by atoms with E-state index in [-0.39, 0.29) is 12.0 Å². The van der Waals surface area contributed by atoms with Gasteiger partial charge in [-0.25, -0.2) is 9.97 Å². The number of hydrogen-bond acceptors (Lipinski definition) is 4. The molecule has 0 spiro atoms. The molecule has 0 fully saturated rings. The van der Waals surface area contributed by atoms with Crippen molar-refractivity contribution < 1.29 is 5.11 Å². The Morgan fingerprint density at radius 2 is 2.19 bits per heavy atom. The van der Waals surface area contributed by atoms with Crippen molar-refractivity contribution in [2.24, 2.45) is 5.41 Å². The van der Waals surface area contributed by atoms with E-state index in [1.54, 1.807) is 0 Å². The van der Waals surface area contributed by atoms with Crippen molar-refractivity contribution in [2.45, 2.75) is 26.7 Å². The molecule has 1 heterocycles. The van der Waals surface area contributed by atoms with E-state index in [0.29, 0.717) is 0 Å². The predicted octanol–water partition coefficient (Wildman–Crippen LogP) is 2.45. The first-order valence-corrected chi connectivity index (χ1v) is 6.15. The number of rotatable bonds is 6. The van der Waals surface area contributed by atoms with Crippen LogP contribution >= 0.6 is 15.9 Å². The fourth-order valence-electron chi connectivity index (χ4n) is 1.41. The Balaban J connectivity index is 2.44. The van der Waals surface area contributed by atoms with Crippen LogP contribution in [0.3, 0.4) is 0 Å². The van der Waals surface area contributed by atoms with E-state index in [9.17, 15) is 0 Å². The monoisotopic (exact) mass is 287 g/mol. The van der Waals surface area contributed by atoms with E-state index < -0.39 is 0 Å². The van der Waals surface area contributed by atoms with Crippen molar-refractivity contribution in [3.8, 4) is 0 Å². The van der Waals surface area contributed by atoms with E-state index in [4.69, 9.17) is 5.11 Å². The number of nitrogens with zero attached hydrogens (tertiary/aromatic N) is 2. The summed E-state index contributed by atoms with van der Waals surface area (Å²) < 4.78 is 0.776. The van der Waals surface area contributed by atoms with Crippen LogP contribution in [0.2, 0.25) is 0 Å². The van der Waals surface area contributed by atoms with Crippen LogP contribution in [0, 0.1) is 5.41 Å². The van der Waals surface area contributed by atoms with Crippen molar-refractivity contribution in [3.63, 3.8) is 0 Å². The molecule has 5 heteroatoms. The van der Waals surface area contributed by atoms with Gasteiger partial charge in [0.1, 0.15) is 16.7 Å². The van der Waals surface area contributed by atoms with E-state index in [1.165, 1.54) is 6.33 Å². The Labute approximate surface area is 105 Å². The van der Waals surface area contributed by atoms with Crippen LogP contribution in [0.25, 0.3) is 0 Å². The standard InChI is InChI=1S/C11H18BrN3O/c1-11(2,4-3-5-16)7-13-10-6-9(12)14-8-15-10/h6,8,16H,3-5,7H2,1-2H3,(H,13,14,15). The van der Waals surface area contributed by atoms with Gasteiger partial charge >= 0.3 is 0 Å². The maximum Gasteiger partial charge on any atom is 0.130 e. The number of anilines is 1. The smallest absolute Gasteiger partial charge is 0.130 e. The zero-order valence-electron chi connectivity index (χ0n) is 9.70. The van der Waals surface area contributed by atoms with Crippen LogP contribution in [-0.2, 0) is 0 Å². The molecule has 1 aromatic rings. The SMILES string of the molecule is CC(C)(CCCO)CNc1cc(Br)ncn1. The topological polar surface area (TPSA) is 58.0 Å². The third-order valence-corrected chi connectivity index (χ3v) is 2.83. The molecule has 0 aliphatic rings. The number of aliphatic hydroxyl groups excluding tert-OH is 1. The molecule has 1 aromatic heterocycles. The highest BCUT2D eigenvalue weighted by Gasteiger charge is 2.17. The summed E-state index contributed by atoms with van der Waals surface area (Å²) in [5.41, 5.74) is 0.153. The van der Waals surface area contributed by atoms with Crippen LogP contribution in [0.15, 0.2) is 17.0 Å². The largest absolute Gasteiger partial charge is 0.396 e. The van der Waals surface area contributed by atoms with E-state index in [1.807, 2.05) is 6.07 Å². The van der Waals surface area contributed by atoms with E-state index >= 15 is 0 Å².